The molecule has 1 atom stereocenters. The first-order valence-corrected chi connectivity index (χ1v) is 8.70. The van der Waals surface area contributed by atoms with Gasteiger partial charge in [0, 0.05) is 5.69 Å². The van der Waals surface area contributed by atoms with Gasteiger partial charge in [-0.1, -0.05) is 24.3 Å². The van der Waals surface area contributed by atoms with Crippen molar-refractivity contribution in [3.05, 3.63) is 59.7 Å². The Bertz CT molecular complexity index is 900. The molecule has 1 fully saturated rings. The van der Waals surface area contributed by atoms with Crippen LogP contribution in [0.1, 0.15) is 18.1 Å². The number of aryl methyl sites for hydroxylation is 1. The lowest BCUT2D eigenvalue weighted by Gasteiger charge is -2.23. The van der Waals surface area contributed by atoms with E-state index < -0.39 is 17.5 Å². The molecular weight excluding hydrogens is 364 g/mol. The largest absolute Gasteiger partial charge is 0.497 e. The Balaban J connectivity index is 1.74. The third-order valence-electron chi connectivity index (χ3n) is 4.35. The fourth-order valence-corrected chi connectivity index (χ4v) is 3.05. The monoisotopic (exact) mass is 384 g/mol. The standard InChI is InChI=1S/C19H20N4O3S/c1-12-5-4-6-14(11-12)20-17(27)22-23-16(24)19(2,21-18(23)25)13-7-9-15(26-3)10-8-13/h4-11H,1-3H3,(H,21,25)(H2,20,22,27)/t19-/m1/s1. The van der Waals surface area contributed by atoms with Gasteiger partial charge in [0.1, 0.15) is 11.3 Å². The molecule has 140 valence electrons. The van der Waals surface area contributed by atoms with Crippen molar-refractivity contribution in [1.82, 2.24) is 15.8 Å². The molecule has 0 radical (unpaired) electrons. The summed E-state index contributed by atoms with van der Waals surface area (Å²) in [4.78, 5) is 25.3. The summed E-state index contributed by atoms with van der Waals surface area (Å²) in [6, 6.07) is 14.0. The van der Waals surface area contributed by atoms with Gasteiger partial charge in [0.25, 0.3) is 5.91 Å². The predicted octanol–water partition coefficient (Wildman–Crippen LogP) is 2.67. The molecular formula is C19H20N4O3S. The van der Waals surface area contributed by atoms with Crippen LogP contribution in [0.15, 0.2) is 48.5 Å². The molecule has 3 N–H and O–H groups in total. The van der Waals surface area contributed by atoms with E-state index in [2.05, 4.69) is 16.1 Å². The number of hydrazine groups is 1. The van der Waals surface area contributed by atoms with Crippen LogP contribution < -0.4 is 20.8 Å². The van der Waals surface area contributed by atoms with E-state index in [4.69, 9.17) is 17.0 Å². The van der Waals surface area contributed by atoms with Crippen molar-refractivity contribution < 1.29 is 14.3 Å². The Morgan fingerprint density at radius 2 is 1.89 bits per heavy atom. The summed E-state index contributed by atoms with van der Waals surface area (Å²) in [5.41, 5.74) is 3.93. The highest BCUT2D eigenvalue weighted by Crippen LogP contribution is 2.29. The van der Waals surface area contributed by atoms with E-state index >= 15 is 0 Å². The number of imide groups is 1. The lowest BCUT2D eigenvalue weighted by molar-refractivity contribution is -0.132. The Hall–Kier alpha value is -3.13. The maximum Gasteiger partial charge on any atom is 0.344 e. The molecule has 1 saturated heterocycles. The molecule has 0 spiro atoms. The highest BCUT2D eigenvalue weighted by Gasteiger charge is 2.49. The third kappa shape index (κ3) is 3.70. The van der Waals surface area contributed by atoms with Gasteiger partial charge in [-0.3, -0.25) is 10.2 Å². The number of methoxy groups -OCH3 is 1. The normalized spacial score (nSPS) is 18.9. The molecule has 1 aliphatic rings. The summed E-state index contributed by atoms with van der Waals surface area (Å²) in [5.74, 6) is 0.212. The number of amides is 3. The molecule has 0 aromatic heterocycles. The van der Waals surface area contributed by atoms with Gasteiger partial charge in [-0.2, -0.15) is 5.01 Å². The average Bonchev–Trinajstić information content (AvgIpc) is 2.86. The Morgan fingerprint density at radius 3 is 2.52 bits per heavy atom. The first-order chi connectivity index (χ1) is 12.8. The van der Waals surface area contributed by atoms with Gasteiger partial charge in [0.05, 0.1) is 7.11 Å². The van der Waals surface area contributed by atoms with Crippen molar-refractivity contribution in [2.24, 2.45) is 0 Å². The predicted molar refractivity (Wildman–Crippen MR) is 106 cm³/mol. The summed E-state index contributed by atoms with van der Waals surface area (Å²) in [5, 5.41) is 6.70. The second-order valence-corrected chi connectivity index (χ2v) is 6.77. The zero-order valence-electron chi connectivity index (χ0n) is 15.2. The molecule has 1 aliphatic heterocycles. The number of carbonyl (C=O) groups is 2. The number of benzene rings is 2. The summed E-state index contributed by atoms with van der Waals surface area (Å²) in [6.45, 7) is 3.60. The van der Waals surface area contributed by atoms with E-state index in [0.29, 0.717) is 11.3 Å². The van der Waals surface area contributed by atoms with Crippen molar-refractivity contribution in [2.45, 2.75) is 19.4 Å². The Kier molecular flexibility index (Phi) is 5.00. The van der Waals surface area contributed by atoms with E-state index in [-0.39, 0.29) is 5.11 Å². The maximum absolute atomic E-state index is 12.9. The highest BCUT2D eigenvalue weighted by atomic mass is 32.1. The topological polar surface area (TPSA) is 82.7 Å². The number of hydrogen-bond acceptors (Lipinski definition) is 4. The fourth-order valence-electron chi connectivity index (χ4n) is 2.84. The van der Waals surface area contributed by atoms with Crippen LogP contribution in [0.3, 0.4) is 0 Å². The van der Waals surface area contributed by atoms with Crippen LogP contribution in [0.4, 0.5) is 10.5 Å². The smallest absolute Gasteiger partial charge is 0.344 e. The maximum atomic E-state index is 12.9. The minimum Gasteiger partial charge on any atom is -0.497 e. The summed E-state index contributed by atoms with van der Waals surface area (Å²) >= 11 is 5.23. The molecule has 3 amide bonds. The number of nitrogens with one attached hydrogen (secondary N) is 3. The van der Waals surface area contributed by atoms with Gasteiger partial charge < -0.3 is 15.4 Å². The zero-order chi connectivity index (χ0) is 19.6. The lowest BCUT2D eigenvalue weighted by atomic mass is 9.92. The number of hydrogen-bond donors (Lipinski definition) is 3. The zero-order valence-corrected chi connectivity index (χ0v) is 16.0. The van der Waals surface area contributed by atoms with Crippen LogP contribution in [0.25, 0.3) is 0 Å². The number of urea groups is 1. The van der Waals surface area contributed by atoms with Crippen molar-refractivity contribution in [3.8, 4) is 5.75 Å². The number of carbonyl (C=O) groups excluding carboxylic acids is 2. The number of rotatable bonds is 4. The Labute approximate surface area is 162 Å². The van der Waals surface area contributed by atoms with Gasteiger partial charge in [-0.15, -0.1) is 0 Å². The van der Waals surface area contributed by atoms with Crippen LogP contribution in [0.2, 0.25) is 0 Å². The molecule has 1 heterocycles. The van der Waals surface area contributed by atoms with Crippen LogP contribution in [0, 0.1) is 6.92 Å². The van der Waals surface area contributed by atoms with Crippen LogP contribution in [-0.2, 0) is 10.3 Å². The third-order valence-corrected chi connectivity index (χ3v) is 4.54. The van der Waals surface area contributed by atoms with Crippen molar-refractivity contribution in [1.29, 1.82) is 0 Å². The minimum atomic E-state index is -1.20. The molecule has 27 heavy (non-hydrogen) atoms. The van der Waals surface area contributed by atoms with E-state index in [9.17, 15) is 9.59 Å². The molecule has 0 saturated carbocycles. The summed E-state index contributed by atoms with van der Waals surface area (Å²) in [7, 11) is 1.56. The quantitative estimate of drug-likeness (QED) is 0.555. The second-order valence-electron chi connectivity index (χ2n) is 6.36. The molecule has 7 nitrogen and oxygen atoms in total. The van der Waals surface area contributed by atoms with Crippen molar-refractivity contribution in [2.75, 3.05) is 12.4 Å². The minimum absolute atomic E-state index is 0.142. The molecule has 3 rings (SSSR count). The average molecular weight is 384 g/mol. The summed E-state index contributed by atoms with van der Waals surface area (Å²) < 4.78 is 5.13. The number of ether oxygens (including phenoxy) is 1. The van der Waals surface area contributed by atoms with E-state index in [1.807, 2.05) is 31.2 Å². The van der Waals surface area contributed by atoms with Gasteiger partial charge in [0.15, 0.2) is 5.11 Å². The van der Waals surface area contributed by atoms with Gasteiger partial charge in [-0.05, 0) is 61.5 Å². The van der Waals surface area contributed by atoms with Crippen LogP contribution >= 0.6 is 12.2 Å². The molecule has 0 unspecified atom stereocenters. The number of thiocarbonyl (C=S) groups is 1. The molecule has 0 aliphatic carbocycles. The molecule has 8 heteroatoms. The molecule has 2 aromatic rings. The molecule has 2 aromatic carbocycles. The van der Waals surface area contributed by atoms with E-state index in [1.165, 1.54) is 0 Å². The number of anilines is 1. The van der Waals surface area contributed by atoms with Gasteiger partial charge >= 0.3 is 6.03 Å². The SMILES string of the molecule is COc1ccc([C@@]2(C)NC(=O)N(NC(=S)Nc3cccc(C)c3)C2=O)cc1. The van der Waals surface area contributed by atoms with Crippen LogP contribution in [-0.4, -0.2) is 29.2 Å². The second kappa shape index (κ2) is 7.24. The highest BCUT2D eigenvalue weighted by molar-refractivity contribution is 7.80. The van der Waals surface area contributed by atoms with E-state index in [0.717, 1.165) is 16.3 Å². The van der Waals surface area contributed by atoms with E-state index in [1.54, 1.807) is 38.3 Å². The first kappa shape index (κ1) is 18.7. The fraction of sp³-hybridized carbons (Fsp3) is 0.211. The van der Waals surface area contributed by atoms with Gasteiger partial charge in [-0.25, -0.2) is 4.79 Å². The van der Waals surface area contributed by atoms with Crippen LogP contribution in [0.5, 0.6) is 5.75 Å². The van der Waals surface area contributed by atoms with Crippen molar-refractivity contribution in [3.63, 3.8) is 0 Å². The number of nitrogens with zero attached hydrogens (tertiary/aromatic N) is 1. The summed E-state index contributed by atoms with van der Waals surface area (Å²) in [6.07, 6.45) is 0. The van der Waals surface area contributed by atoms with Crippen molar-refractivity contribution >= 4 is 35.0 Å². The van der Waals surface area contributed by atoms with Gasteiger partial charge in [0.2, 0.25) is 0 Å². The lowest BCUT2D eigenvalue weighted by Crippen LogP contribution is -2.49. The Morgan fingerprint density at radius 1 is 1.19 bits per heavy atom. The molecule has 0 bridgehead atoms. The first-order valence-electron chi connectivity index (χ1n) is 8.29.